The van der Waals surface area contributed by atoms with Crippen molar-refractivity contribution in [3.05, 3.63) is 63.6 Å². The van der Waals surface area contributed by atoms with Gasteiger partial charge in [0.2, 0.25) is 0 Å². The monoisotopic (exact) mass is 273 g/mol. The number of rotatable bonds is 5. The van der Waals surface area contributed by atoms with Crippen LogP contribution >= 0.6 is 11.8 Å². The topological polar surface area (TPSA) is 12.0 Å². The van der Waals surface area contributed by atoms with E-state index in [1.807, 2.05) is 13.8 Å². The summed E-state index contributed by atoms with van der Waals surface area (Å²) in [5.74, 6) is 0. The Morgan fingerprint density at radius 1 is 1.16 bits per heavy atom. The van der Waals surface area contributed by atoms with Gasteiger partial charge < -0.3 is 5.32 Å². The largest absolute Gasteiger partial charge is 0.355 e. The second-order valence-electron chi connectivity index (χ2n) is 4.83. The molecule has 0 radical (unpaired) electrons. The van der Waals surface area contributed by atoms with Crippen LogP contribution in [0.5, 0.6) is 0 Å². The Morgan fingerprint density at radius 3 is 2.11 bits per heavy atom. The van der Waals surface area contributed by atoms with Crippen molar-refractivity contribution in [3.8, 4) is 0 Å². The van der Waals surface area contributed by atoms with Crippen LogP contribution in [0.3, 0.4) is 0 Å². The summed E-state index contributed by atoms with van der Waals surface area (Å²) < 4.78 is 0. The maximum atomic E-state index is 4.14. The van der Waals surface area contributed by atoms with Crippen LogP contribution in [0.2, 0.25) is 0 Å². The van der Waals surface area contributed by atoms with Gasteiger partial charge >= 0.3 is 0 Å². The van der Waals surface area contributed by atoms with E-state index in [0.717, 1.165) is 21.2 Å². The predicted octanol–water partition coefficient (Wildman–Crippen LogP) is 5.71. The molecule has 19 heavy (non-hydrogen) atoms. The van der Waals surface area contributed by atoms with E-state index in [-0.39, 0.29) is 0 Å². The Kier molecular flexibility index (Phi) is 5.49. The van der Waals surface area contributed by atoms with Gasteiger partial charge in [-0.3, -0.25) is 0 Å². The second-order valence-corrected chi connectivity index (χ2v) is 6.18. The molecular formula is C17H23NS. The van der Waals surface area contributed by atoms with E-state index < -0.39 is 0 Å². The third-order valence-corrected chi connectivity index (χ3v) is 3.85. The van der Waals surface area contributed by atoms with Crippen molar-refractivity contribution in [2.24, 2.45) is 0 Å². The number of benzene rings is 1. The zero-order valence-electron chi connectivity index (χ0n) is 12.6. The lowest BCUT2D eigenvalue weighted by Crippen LogP contribution is -2.03. The predicted molar refractivity (Wildman–Crippen MR) is 89.6 cm³/mol. The molecule has 0 fully saturated rings. The molecule has 0 heterocycles. The van der Waals surface area contributed by atoms with Crippen LogP contribution in [-0.2, 0) is 0 Å². The van der Waals surface area contributed by atoms with Gasteiger partial charge in [0.15, 0.2) is 0 Å². The molecule has 0 amide bonds. The van der Waals surface area contributed by atoms with E-state index in [9.17, 15) is 0 Å². The number of hydrogen-bond acceptors (Lipinski definition) is 2. The third kappa shape index (κ3) is 4.32. The maximum absolute atomic E-state index is 4.14. The number of nitrogens with one attached hydrogen (secondary N) is 1. The molecule has 2 heteroatoms. The fourth-order valence-corrected chi connectivity index (χ4v) is 2.74. The van der Waals surface area contributed by atoms with Crippen LogP contribution in [-0.4, -0.2) is 0 Å². The van der Waals surface area contributed by atoms with E-state index >= 15 is 0 Å². The highest BCUT2D eigenvalue weighted by molar-refractivity contribution is 8.06. The van der Waals surface area contributed by atoms with E-state index in [1.165, 1.54) is 16.7 Å². The number of thioether (sulfide) groups is 1. The molecule has 0 saturated heterocycles. The van der Waals surface area contributed by atoms with E-state index in [2.05, 4.69) is 57.5 Å². The third-order valence-electron chi connectivity index (χ3n) is 2.80. The maximum Gasteiger partial charge on any atom is 0.0449 e. The van der Waals surface area contributed by atoms with Crippen molar-refractivity contribution in [2.45, 2.75) is 34.6 Å². The quantitative estimate of drug-likeness (QED) is 0.690. The highest BCUT2D eigenvalue weighted by Gasteiger charge is 2.08. The fourth-order valence-electron chi connectivity index (χ4n) is 2.07. The number of anilines is 1. The summed E-state index contributed by atoms with van der Waals surface area (Å²) in [7, 11) is 0. The lowest BCUT2D eigenvalue weighted by Gasteiger charge is -2.17. The number of hydrogen-bond donors (Lipinski definition) is 1. The van der Waals surface area contributed by atoms with Crippen LogP contribution in [0, 0.1) is 20.8 Å². The SMILES string of the molecule is C=C(C)S/C(=C\C)C(=C)Nc1c(C)cc(C)cc1C. The molecule has 1 aromatic carbocycles. The van der Waals surface area contributed by atoms with Gasteiger partial charge in [0, 0.05) is 16.3 Å². The Morgan fingerprint density at radius 2 is 1.68 bits per heavy atom. The van der Waals surface area contributed by atoms with Crippen LogP contribution < -0.4 is 5.32 Å². The summed E-state index contributed by atoms with van der Waals surface area (Å²) in [6.45, 7) is 18.5. The average molecular weight is 273 g/mol. The minimum Gasteiger partial charge on any atom is -0.355 e. The number of aryl methyl sites for hydroxylation is 3. The molecule has 1 aromatic rings. The van der Waals surface area contributed by atoms with Gasteiger partial charge in [-0.05, 0) is 50.7 Å². The molecule has 0 bridgehead atoms. The normalized spacial score (nSPS) is 11.3. The Bertz CT molecular complexity index is 515. The van der Waals surface area contributed by atoms with Gasteiger partial charge in [0.25, 0.3) is 0 Å². The van der Waals surface area contributed by atoms with Crippen LogP contribution in [0.25, 0.3) is 0 Å². The van der Waals surface area contributed by atoms with Crippen molar-refractivity contribution >= 4 is 17.4 Å². The first kappa shape index (κ1) is 15.6. The molecule has 0 spiro atoms. The van der Waals surface area contributed by atoms with Crippen molar-refractivity contribution in [1.29, 1.82) is 0 Å². The Hall–Kier alpha value is -1.41. The molecule has 0 atom stereocenters. The lowest BCUT2D eigenvalue weighted by atomic mass is 10.0. The standard InChI is InChI=1S/C17H23NS/c1-8-16(19-11(2)3)15(7)18-17-13(5)9-12(4)10-14(17)6/h8-10,18H,2,7H2,1,3-6H3/b16-8-. The van der Waals surface area contributed by atoms with Gasteiger partial charge in [-0.1, -0.05) is 48.7 Å². The van der Waals surface area contributed by atoms with E-state index in [4.69, 9.17) is 0 Å². The second kappa shape index (κ2) is 6.67. The van der Waals surface area contributed by atoms with Gasteiger partial charge in [0.1, 0.15) is 0 Å². The van der Waals surface area contributed by atoms with Crippen molar-refractivity contribution in [1.82, 2.24) is 0 Å². The molecular weight excluding hydrogens is 250 g/mol. The molecule has 0 aliphatic rings. The summed E-state index contributed by atoms with van der Waals surface area (Å²) in [6, 6.07) is 4.37. The lowest BCUT2D eigenvalue weighted by molar-refractivity contribution is 1.29. The zero-order chi connectivity index (χ0) is 14.6. The van der Waals surface area contributed by atoms with E-state index in [1.54, 1.807) is 11.8 Å². The molecule has 1 nitrogen and oxygen atoms in total. The minimum atomic E-state index is 0.922. The first-order valence-corrected chi connectivity index (χ1v) is 7.20. The summed E-state index contributed by atoms with van der Waals surface area (Å²) >= 11 is 1.65. The zero-order valence-corrected chi connectivity index (χ0v) is 13.4. The van der Waals surface area contributed by atoms with Gasteiger partial charge in [0.05, 0.1) is 0 Å². The Labute approximate surface area is 121 Å². The Balaban J connectivity index is 2.97. The van der Waals surface area contributed by atoms with Gasteiger partial charge in [-0.2, -0.15) is 0 Å². The summed E-state index contributed by atoms with van der Waals surface area (Å²) in [5, 5.41) is 3.44. The van der Waals surface area contributed by atoms with Gasteiger partial charge in [-0.15, -0.1) is 0 Å². The first-order valence-electron chi connectivity index (χ1n) is 6.39. The molecule has 102 valence electrons. The molecule has 1 N–H and O–H groups in total. The fraction of sp³-hybridized carbons (Fsp3) is 0.294. The minimum absolute atomic E-state index is 0.922. The highest BCUT2D eigenvalue weighted by atomic mass is 32.2. The molecule has 0 aliphatic carbocycles. The summed E-state index contributed by atoms with van der Waals surface area (Å²) in [6.07, 6.45) is 2.06. The van der Waals surface area contributed by atoms with Crippen molar-refractivity contribution in [3.63, 3.8) is 0 Å². The smallest absolute Gasteiger partial charge is 0.0449 e. The summed E-state index contributed by atoms with van der Waals surface area (Å²) in [4.78, 5) is 2.18. The molecule has 0 aromatic heterocycles. The van der Waals surface area contributed by atoms with Crippen LogP contribution in [0.15, 0.2) is 46.9 Å². The van der Waals surface area contributed by atoms with Gasteiger partial charge in [-0.25, -0.2) is 0 Å². The number of allylic oxidation sites excluding steroid dienone is 2. The average Bonchev–Trinajstić information content (AvgIpc) is 2.30. The molecule has 0 aliphatic heterocycles. The van der Waals surface area contributed by atoms with Crippen LogP contribution in [0.4, 0.5) is 5.69 Å². The first-order chi connectivity index (χ1) is 8.85. The van der Waals surface area contributed by atoms with E-state index in [0.29, 0.717) is 0 Å². The van der Waals surface area contributed by atoms with Crippen molar-refractivity contribution < 1.29 is 0 Å². The molecule has 1 rings (SSSR count). The molecule has 0 unspecified atom stereocenters. The highest BCUT2D eigenvalue weighted by Crippen LogP contribution is 2.31. The van der Waals surface area contributed by atoms with Crippen LogP contribution in [0.1, 0.15) is 30.5 Å². The van der Waals surface area contributed by atoms with Crippen molar-refractivity contribution in [2.75, 3.05) is 5.32 Å². The summed E-state index contributed by atoms with van der Waals surface area (Å²) in [5.41, 5.74) is 5.85. The molecule has 0 saturated carbocycles.